The van der Waals surface area contributed by atoms with Gasteiger partial charge in [-0.25, -0.2) is 9.97 Å². The van der Waals surface area contributed by atoms with Gasteiger partial charge in [-0.2, -0.15) is 0 Å². The van der Waals surface area contributed by atoms with Crippen LogP contribution >= 0.6 is 11.6 Å². The van der Waals surface area contributed by atoms with Crippen molar-refractivity contribution in [3.8, 4) is 0 Å². The van der Waals surface area contributed by atoms with Gasteiger partial charge in [0.1, 0.15) is 11.6 Å². The highest BCUT2D eigenvalue weighted by Gasteiger charge is 2.06. The molecule has 0 spiro atoms. The number of aromatic nitrogens is 2. The summed E-state index contributed by atoms with van der Waals surface area (Å²) in [5.41, 5.74) is 1.00. The molecule has 1 aromatic rings. The highest BCUT2D eigenvalue weighted by atomic mass is 35.5. The molecule has 0 aliphatic rings. The lowest BCUT2D eigenvalue weighted by Crippen LogP contribution is -2.26. The van der Waals surface area contributed by atoms with Crippen LogP contribution in [-0.4, -0.2) is 28.9 Å². The Hall–Kier alpha value is -0.830. The van der Waals surface area contributed by atoms with E-state index >= 15 is 0 Å². The van der Waals surface area contributed by atoms with Gasteiger partial charge in [-0.05, 0) is 20.8 Å². The van der Waals surface area contributed by atoms with Crippen molar-refractivity contribution in [2.75, 3.05) is 23.9 Å². The van der Waals surface area contributed by atoms with Gasteiger partial charge in [-0.1, -0.05) is 0 Å². The molecule has 0 N–H and O–H groups in total. The molecule has 0 radical (unpaired) electrons. The molecule has 14 heavy (non-hydrogen) atoms. The Balaban J connectivity index is 2.91. The van der Waals surface area contributed by atoms with E-state index in [-0.39, 0.29) is 0 Å². The highest BCUT2D eigenvalue weighted by Crippen LogP contribution is 2.11. The van der Waals surface area contributed by atoms with Crippen LogP contribution < -0.4 is 4.90 Å². The summed E-state index contributed by atoms with van der Waals surface area (Å²) in [5, 5.41) is 0. The van der Waals surface area contributed by atoms with Crippen molar-refractivity contribution < 1.29 is 0 Å². The number of halogens is 1. The molecule has 3 nitrogen and oxygen atoms in total. The average molecular weight is 214 g/mol. The number of alkyl halides is 1. The topological polar surface area (TPSA) is 29.0 Å². The normalized spacial score (nSPS) is 10.3. The minimum atomic E-state index is 0.621. The minimum absolute atomic E-state index is 0.621. The first kappa shape index (κ1) is 11.2. The number of hydrogen-bond donors (Lipinski definition) is 0. The van der Waals surface area contributed by atoms with Crippen molar-refractivity contribution in [2.24, 2.45) is 0 Å². The lowest BCUT2D eigenvalue weighted by Gasteiger charge is -2.21. The van der Waals surface area contributed by atoms with Crippen molar-refractivity contribution >= 4 is 17.4 Å². The fourth-order valence-electron chi connectivity index (χ4n) is 1.40. The van der Waals surface area contributed by atoms with E-state index in [1.807, 2.05) is 19.9 Å². The van der Waals surface area contributed by atoms with Crippen LogP contribution in [0.25, 0.3) is 0 Å². The smallest absolute Gasteiger partial charge is 0.132 e. The van der Waals surface area contributed by atoms with E-state index in [2.05, 4.69) is 21.8 Å². The summed E-state index contributed by atoms with van der Waals surface area (Å²) in [6.07, 6.45) is 0. The van der Waals surface area contributed by atoms with Gasteiger partial charge in [0.2, 0.25) is 0 Å². The van der Waals surface area contributed by atoms with Gasteiger partial charge in [-0.3, -0.25) is 0 Å². The van der Waals surface area contributed by atoms with Crippen molar-refractivity contribution in [1.29, 1.82) is 0 Å². The molecule has 1 rings (SSSR count). The van der Waals surface area contributed by atoms with Gasteiger partial charge >= 0.3 is 0 Å². The number of nitrogens with zero attached hydrogens (tertiary/aromatic N) is 3. The summed E-state index contributed by atoms with van der Waals surface area (Å²) in [5.74, 6) is 2.40. The van der Waals surface area contributed by atoms with Gasteiger partial charge in [-0.15, -0.1) is 11.6 Å². The zero-order valence-electron chi connectivity index (χ0n) is 8.92. The van der Waals surface area contributed by atoms with Crippen LogP contribution in [0.15, 0.2) is 6.07 Å². The third kappa shape index (κ3) is 2.84. The first-order chi connectivity index (χ1) is 6.67. The highest BCUT2D eigenvalue weighted by molar-refractivity contribution is 6.18. The van der Waals surface area contributed by atoms with Crippen LogP contribution in [0.4, 0.5) is 5.82 Å². The first-order valence-electron chi connectivity index (χ1n) is 4.80. The van der Waals surface area contributed by atoms with Crippen molar-refractivity contribution in [3.63, 3.8) is 0 Å². The second-order valence-corrected chi connectivity index (χ2v) is 3.56. The molecule has 0 amide bonds. The molecule has 78 valence electrons. The summed E-state index contributed by atoms with van der Waals surface area (Å²) in [6.45, 7) is 7.73. The van der Waals surface area contributed by atoms with Gasteiger partial charge in [0.05, 0.1) is 0 Å². The molecule has 1 aromatic heterocycles. The average Bonchev–Trinajstić information content (AvgIpc) is 2.12. The van der Waals surface area contributed by atoms with E-state index in [0.717, 1.165) is 30.4 Å². The van der Waals surface area contributed by atoms with Crippen LogP contribution in [0, 0.1) is 13.8 Å². The molecule has 0 bridgehead atoms. The molecule has 0 aromatic carbocycles. The third-order valence-corrected chi connectivity index (χ3v) is 2.18. The predicted octanol–water partition coefficient (Wildman–Crippen LogP) is 2.16. The molecule has 0 aliphatic heterocycles. The van der Waals surface area contributed by atoms with Crippen LogP contribution in [0.1, 0.15) is 18.4 Å². The fourth-order valence-corrected chi connectivity index (χ4v) is 1.60. The number of aryl methyl sites for hydroxylation is 2. The number of rotatable bonds is 4. The maximum absolute atomic E-state index is 5.72. The Morgan fingerprint density at radius 1 is 1.36 bits per heavy atom. The summed E-state index contributed by atoms with van der Waals surface area (Å²) < 4.78 is 0. The zero-order chi connectivity index (χ0) is 10.6. The van der Waals surface area contributed by atoms with Gasteiger partial charge in [0.15, 0.2) is 0 Å². The number of hydrogen-bond acceptors (Lipinski definition) is 3. The van der Waals surface area contributed by atoms with Crippen LogP contribution in [-0.2, 0) is 0 Å². The molecule has 0 unspecified atom stereocenters. The van der Waals surface area contributed by atoms with Gasteiger partial charge in [0, 0.05) is 30.7 Å². The van der Waals surface area contributed by atoms with Gasteiger partial charge in [0.25, 0.3) is 0 Å². The largest absolute Gasteiger partial charge is 0.356 e. The van der Waals surface area contributed by atoms with Crippen molar-refractivity contribution in [3.05, 3.63) is 17.6 Å². The third-order valence-electron chi connectivity index (χ3n) is 2.01. The number of anilines is 1. The molecule has 0 fully saturated rings. The summed E-state index contributed by atoms with van der Waals surface area (Å²) in [4.78, 5) is 10.8. The Morgan fingerprint density at radius 2 is 2.07 bits per heavy atom. The van der Waals surface area contributed by atoms with E-state index in [9.17, 15) is 0 Å². The maximum atomic E-state index is 5.72. The predicted molar refractivity (Wildman–Crippen MR) is 60.1 cm³/mol. The lowest BCUT2D eigenvalue weighted by molar-refractivity contribution is 0.833. The first-order valence-corrected chi connectivity index (χ1v) is 5.34. The van der Waals surface area contributed by atoms with E-state index in [1.54, 1.807) is 0 Å². The summed E-state index contributed by atoms with van der Waals surface area (Å²) >= 11 is 5.72. The second-order valence-electron chi connectivity index (χ2n) is 3.18. The Labute approximate surface area is 90.1 Å². The zero-order valence-corrected chi connectivity index (χ0v) is 9.67. The molecule has 0 saturated heterocycles. The van der Waals surface area contributed by atoms with Crippen LogP contribution in [0.3, 0.4) is 0 Å². The SMILES string of the molecule is CCN(CCCl)c1cc(C)nc(C)n1. The fraction of sp³-hybridized carbons (Fsp3) is 0.600. The molecule has 1 heterocycles. The van der Waals surface area contributed by atoms with E-state index < -0.39 is 0 Å². The monoisotopic (exact) mass is 213 g/mol. The minimum Gasteiger partial charge on any atom is -0.356 e. The maximum Gasteiger partial charge on any atom is 0.132 e. The Bertz CT molecular complexity index is 281. The molecular formula is C10H16ClN3. The van der Waals surface area contributed by atoms with Crippen LogP contribution in [0.5, 0.6) is 0 Å². The molecular weight excluding hydrogens is 198 g/mol. The van der Waals surface area contributed by atoms with E-state index in [4.69, 9.17) is 11.6 Å². The summed E-state index contributed by atoms with van der Waals surface area (Å²) in [6, 6.07) is 1.99. The lowest BCUT2D eigenvalue weighted by atomic mass is 10.3. The second kappa shape index (κ2) is 5.15. The molecule has 4 heteroatoms. The van der Waals surface area contributed by atoms with E-state index in [0.29, 0.717) is 5.88 Å². The standard InChI is InChI=1S/C10H16ClN3/c1-4-14(6-5-11)10-7-8(2)12-9(3)13-10/h7H,4-6H2,1-3H3. The Kier molecular flexibility index (Phi) is 4.14. The Morgan fingerprint density at radius 3 is 2.57 bits per heavy atom. The van der Waals surface area contributed by atoms with Crippen molar-refractivity contribution in [1.82, 2.24) is 9.97 Å². The molecule has 0 aliphatic carbocycles. The van der Waals surface area contributed by atoms with Gasteiger partial charge < -0.3 is 4.90 Å². The van der Waals surface area contributed by atoms with Crippen LogP contribution in [0.2, 0.25) is 0 Å². The molecule has 0 saturated carbocycles. The molecule has 0 atom stereocenters. The quantitative estimate of drug-likeness (QED) is 0.718. The van der Waals surface area contributed by atoms with E-state index in [1.165, 1.54) is 0 Å². The summed E-state index contributed by atoms with van der Waals surface area (Å²) in [7, 11) is 0. The van der Waals surface area contributed by atoms with Crippen molar-refractivity contribution in [2.45, 2.75) is 20.8 Å².